The maximum absolute atomic E-state index is 11.4. The lowest BCUT2D eigenvalue weighted by molar-refractivity contribution is -0.133. The van der Waals surface area contributed by atoms with Crippen molar-refractivity contribution in [2.45, 2.75) is 39.7 Å². The number of nitrogens with one attached hydrogen (secondary N) is 1. The highest BCUT2D eigenvalue weighted by Gasteiger charge is 2.36. The Morgan fingerprint density at radius 3 is 2.15 bits per heavy atom. The van der Waals surface area contributed by atoms with Crippen molar-refractivity contribution in [3.63, 3.8) is 0 Å². The molecule has 0 aromatic carbocycles. The van der Waals surface area contributed by atoms with E-state index in [4.69, 9.17) is 0 Å². The summed E-state index contributed by atoms with van der Waals surface area (Å²) in [7, 11) is 0. The maximum Gasteiger partial charge on any atom is 0.223 e. The molecule has 3 nitrogen and oxygen atoms in total. The molecule has 1 aliphatic rings. The fraction of sp³-hybridized carbons (Fsp3) is 0.800. The molecule has 74 valence electrons. The molecule has 1 fully saturated rings. The number of carbonyl (C=O) groups excluding carboxylic acids is 2. The minimum Gasteiger partial charge on any atom is -0.354 e. The first-order chi connectivity index (χ1) is 6.00. The zero-order chi connectivity index (χ0) is 10.0. The molecule has 0 radical (unpaired) electrons. The highest BCUT2D eigenvalue weighted by Crippen LogP contribution is 2.34. The van der Waals surface area contributed by atoms with Crippen molar-refractivity contribution in [2.24, 2.45) is 11.8 Å². The van der Waals surface area contributed by atoms with Crippen LogP contribution in [0.25, 0.3) is 0 Å². The van der Waals surface area contributed by atoms with Gasteiger partial charge in [0.15, 0.2) is 0 Å². The summed E-state index contributed by atoms with van der Waals surface area (Å²) < 4.78 is 0. The quantitative estimate of drug-likeness (QED) is 0.712. The highest BCUT2D eigenvalue weighted by molar-refractivity contribution is 5.85. The maximum atomic E-state index is 11.4. The van der Waals surface area contributed by atoms with E-state index in [1.807, 2.05) is 13.8 Å². The van der Waals surface area contributed by atoms with Crippen LogP contribution in [0.4, 0.5) is 0 Å². The number of rotatable bonds is 3. The topological polar surface area (TPSA) is 46.2 Å². The van der Waals surface area contributed by atoms with Crippen molar-refractivity contribution >= 4 is 11.7 Å². The molecule has 0 saturated heterocycles. The molecule has 0 unspecified atom stereocenters. The molecule has 1 saturated carbocycles. The van der Waals surface area contributed by atoms with Gasteiger partial charge in [-0.3, -0.25) is 9.59 Å². The standard InChI is InChI=1S/C10H17NO2/c1-6(2)11-10(13)9-4-8(5-9)7(3)12/h6,8-9H,4-5H2,1-3H3,(H,11,13). The third-order valence-corrected chi connectivity index (χ3v) is 2.51. The van der Waals surface area contributed by atoms with Crippen LogP contribution in [-0.2, 0) is 9.59 Å². The normalized spacial score (nSPS) is 26.8. The van der Waals surface area contributed by atoms with Crippen LogP contribution in [0.2, 0.25) is 0 Å². The summed E-state index contributed by atoms with van der Waals surface area (Å²) in [5.74, 6) is 0.542. The fourth-order valence-electron chi connectivity index (χ4n) is 1.57. The Kier molecular flexibility index (Phi) is 3.07. The van der Waals surface area contributed by atoms with E-state index in [0.29, 0.717) is 0 Å². The van der Waals surface area contributed by atoms with Crippen LogP contribution in [0.5, 0.6) is 0 Å². The number of carbonyl (C=O) groups is 2. The second kappa shape index (κ2) is 3.90. The number of ketones is 1. The number of amides is 1. The molecule has 13 heavy (non-hydrogen) atoms. The molecule has 1 N–H and O–H groups in total. The first-order valence-electron chi connectivity index (χ1n) is 4.81. The van der Waals surface area contributed by atoms with Gasteiger partial charge in [-0.25, -0.2) is 0 Å². The monoisotopic (exact) mass is 183 g/mol. The molecule has 3 heteroatoms. The molecule has 0 atom stereocenters. The second-order valence-electron chi connectivity index (χ2n) is 4.14. The molecule has 1 rings (SSSR count). The van der Waals surface area contributed by atoms with Gasteiger partial charge in [-0.2, -0.15) is 0 Å². The lowest BCUT2D eigenvalue weighted by atomic mass is 9.72. The van der Waals surface area contributed by atoms with Gasteiger partial charge in [0.25, 0.3) is 0 Å². The van der Waals surface area contributed by atoms with Gasteiger partial charge in [0, 0.05) is 17.9 Å². The Hall–Kier alpha value is -0.860. The van der Waals surface area contributed by atoms with E-state index in [9.17, 15) is 9.59 Å². The Balaban J connectivity index is 2.27. The summed E-state index contributed by atoms with van der Waals surface area (Å²) in [5, 5.41) is 2.85. The lowest BCUT2D eigenvalue weighted by Crippen LogP contribution is -2.43. The van der Waals surface area contributed by atoms with Gasteiger partial charge >= 0.3 is 0 Å². The first-order valence-corrected chi connectivity index (χ1v) is 4.81. The number of hydrogen-bond donors (Lipinski definition) is 1. The van der Waals surface area contributed by atoms with Crippen molar-refractivity contribution < 1.29 is 9.59 Å². The predicted octanol–water partition coefficient (Wildman–Crippen LogP) is 1.13. The molecule has 1 aliphatic carbocycles. The molecule has 0 bridgehead atoms. The summed E-state index contributed by atoms with van der Waals surface area (Å²) in [6, 6.07) is 0.198. The Labute approximate surface area is 78.9 Å². The minimum absolute atomic E-state index is 0.0799. The van der Waals surface area contributed by atoms with Crippen molar-refractivity contribution in [1.29, 1.82) is 0 Å². The third kappa shape index (κ3) is 2.54. The zero-order valence-electron chi connectivity index (χ0n) is 8.46. The van der Waals surface area contributed by atoms with Crippen LogP contribution in [0.3, 0.4) is 0 Å². The van der Waals surface area contributed by atoms with Crippen LogP contribution >= 0.6 is 0 Å². The second-order valence-corrected chi connectivity index (χ2v) is 4.14. The van der Waals surface area contributed by atoms with Crippen LogP contribution in [0.1, 0.15) is 33.6 Å². The third-order valence-electron chi connectivity index (χ3n) is 2.51. The van der Waals surface area contributed by atoms with Crippen LogP contribution in [0.15, 0.2) is 0 Å². The Morgan fingerprint density at radius 1 is 1.23 bits per heavy atom. The van der Waals surface area contributed by atoms with Gasteiger partial charge in [-0.05, 0) is 33.6 Å². The molecular weight excluding hydrogens is 166 g/mol. The number of hydrogen-bond acceptors (Lipinski definition) is 2. The number of Topliss-reactive ketones (excluding diaryl/α,β-unsaturated/α-hetero) is 1. The largest absolute Gasteiger partial charge is 0.354 e. The zero-order valence-corrected chi connectivity index (χ0v) is 8.46. The van der Waals surface area contributed by atoms with Crippen molar-refractivity contribution in [3.8, 4) is 0 Å². The van der Waals surface area contributed by atoms with Crippen molar-refractivity contribution in [2.75, 3.05) is 0 Å². The summed E-state index contributed by atoms with van der Waals surface area (Å²) >= 11 is 0. The van der Waals surface area contributed by atoms with Gasteiger partial charge in [-0.1, -0.05) is 0 Å². The van der Waals surface area contributed by atoms with Gasteiger partial charge < -0.3 is 5.32 Å². The Morgan fingerprint density at radius 2 is 1.77 bits per heavy atom. The summed E-state index contributed by atoms with van der Waals surface area (Å²) in [4.78, 5) is 22.3. The smallest absolute Gasteiger partial charge is 0.223 e. The summed E-state index contributed by atoms with van der Waals surface area (Å²) in [6.07, 6.45) is 1.49. The van der Waals surface area contributed by atoms with Gasteiger partial charge in [0.2, 0.25) is 5.91 Å². The highest BCUT2D eigenvalue weighted by atomic mass is 16.2. The van der Waals surface area contributed by atoms with E-state index >= 15 is 0 Å². The summed E-state index contributed by atoms with van der Waals surface area (Å²) in [6.45, 7) is 5.49. The Bertz CT molecular complexity index is 217. The van der Waals surface area contributed by atoms with E-state index < -0.39 is 0 Å². The minimum atomic E-state index is 0.0799. The SMILES string of the molecule is CC(=O)C1CC(C(=O)NC(C)C)C1. The molecule has 0 heterocycles. The molecule has 0 aromatic heterocycles. The van der Waals surface area contributed by atoms with Gasteiger partial charge in [-0.15, -0.1) is 0 Å². The van der Waals surface area contributed by atoms with E-state index in [1.54, 1.807) is 6.92 Å². The molecule has 1 amide bonds. The summed E-state index contributed by atoms with van der Waals surface area (Å²) in [5.41, 5.74) is 0. The van der Waals surface area contributed by atoms with E-state index in [2.05, 4.69) is 5.32 Å². The van der Waals surface area contributed by atoms with Gasteiger partial charge in [0.1, 0.15) is 5.78 Å². The average molecular weight is 183 g/mol. The lowest BCUT2D eigenvalue weighted by Gasteiger charge is -2.32. The molecule has 0 aliphatic heterocycles. The van der Waals surface area contributed by atoms with E-state index in [0.717, 1.165) is 12.8 Å². The first kappa shape index (κ1) is 10.2. The molecular formula is C10H17NO2. The van der Waals surface area contributed by atoms with Crippen molar-refractivity contribution in [1.82, 2.24) is 5.32 Å². The molecule has 0 aromatic rings. The van der Waals surface area contributed by atoms with Crippen LogP contribution in [0, 0.1) is 11.8 Å². The fourth-order valence-corrected chi connectivity index (χ4v) is 1.57. The average Bonchev–Trinajstić information content (AvgIpc) is 1.79. The van der Waals surface area contributed by atoms with Crippen LogP contribution in [-0.4, -0.2) is 17.7 Å². The van der Waals surface area contributed by atoms with Crippen molar-refractivity contribution in [3.05, 3.63) is 0 Å². The van der Waals surface area contributed by atoms with Gasteiger partial charge in [0.05, 0.1) is 0 Å². The predicted molar refractivity (Wildman–Crippen MR) is 50.2 cm³/mol. The van der Waals surface area contributed by atoms with E-state index in [-0.39, 0.29) is 29.6 Å². The van der Waals surface area contributed by atoms with Crippen LogP contribution < -0.4 is 5.32 Å². The molecule has 0 spiro atoms. The van der Waals surface area contributed by atoms with E-state index in [1.165, 1.54) is 0 Å².